The highest BCUT2D eigenvalue weighted by Gasteiger charge is 2.03. The van der Waals surface area contributed by atoms with E-state index in [-0.39, 0.29) is 6.42 Å². The van der Waals surface area contributed by atoms with E-state index in [9.17, 15) is 4.79 Å². The van der Waals surface area contributed by atoms with Crippen LogP contribution in [0.25, 0.3) is 11.1 Å². The lowest BCUT2D eigenvalue weighted by atomic mass is 10.1. The molecule has 3 rings (SSSR count). The zero-order valence-corrected chi connectivity index (χ0v) is 13.1. The Labute approximate surface area is 140 Å². The Kier molecular flexibility index (Phi) is 4.96. The second-order valence-corrected chi connectivity index (χ2v) is 5.54. The van der Waals surface area contributed by atoms with E-state index in [0.717, 1.165) is 28.0 Å². The molecule has 0 aliphatic carbocycles. The van der Waals surface area contributed by atoms with Crippen LogP contribution in [-0.4, -0.2) is 11.1 Å². The lowest BCUT2D eigenvalue weighted by Crippen LogP contribution is -1.98. The molecule has 122 valence electrons. The SMILES string of the molecule is O=C(O)CCc1ccc(OCc2cccc(-c3ccoc3)c2)cc1. The van der Waals surface area contributed by atoms with E-state index < -0.39 is 5.97 Å². The summed E-state index contributed by atoms with van der Waals surface area (Å²) in [6.07, 6.45) is 4.05. The second-order valence-electron chi connectivity index (χ2n) is 5.54. The van der Waals surface area contributed by atoms with Gasteiger partial charge in [-0.05, 0) is 47.4 Å². The Bertz CT molecular complexity index is 789. The van der Waals surface area contributed by atoms with Gasteiger partial charge in [-0.3, -0.25) is 4.79 Å². The molecule has 0 bridgehead atoms. The van der Waals surface area contributed by atoms with Crippen molar-refractivity contribution in [2.45, 2.75) is 19.4 Å². The zero-order valence-electron chi connectivity index (χ0n) is 13.1. The van der Waals surface area contributed by atoms with Crippen molar-refractivity contribution in [2.75, 3.05) is 0 Å². The van der Waals surface area contributed by atoms with Crippen LogP contribution in [0.15, 0.2) is 71.5 Å². The average Bonchev–Trinajstić information content (AvgIpc) is 3.14. The van der Waals surface area contributed by atoms with Gasteiger partial charge in [-0.25, -0.2) is 0 Å². The summed E-state index contributed by atoms with van der Waals surface area (Å²) in [6, 6.07) is 17.6. The van der Waals surface area contributed by atoms with Gasteiger partial charge in [0.1, 0.15) is 12.4 Å². The lowest BCUT2D eigenvalue weighted by molar-refractivity contribution is -0.136. The van der Waals surface area contributed by atoms with Crippen LogP contribution >= 0.6 is 0 Å². The van der Waals surface area contributed by atoms with Crippen molar-refractivity contribution < 1.29 is 19.1 Å². The fourth-order valence-electron chi connectivity index (χ4n) is 2.44. The molecule has 0 unspecified atom stereocenters. The van der Waals surface area contributed by atoms with Crippen LogP contribution in [0.2, 0.25) is 0 Å². The molecule has 1 heterocycles. The summed E-state index contributed by atoms with van der Waals surface area (Å²) in [5, 5.41) is 8.70. The molecule has 4 heteroatoms. The number of hydrogen-bond acceptors (Lipinski definition) is 3. The first kappa shape index (κ1) is 15.9. The number of carboxylic acid groups (broad SMARTS) is 1. The lowest BCUT2D eigenvalue weighted by Gasteiger charge is -2.08. The maximum absolute atomic E-state index is 10.6. The molecule has 0 aliphatic heterocycles. The number of aliphatic carboxylic acids is 1. The van der Waals surface area contributed by atoms with Gasteiger partial charge in [-0.2, -0.15) is 0 Å². The molecule has 0 atom stereocenters. The van der Waals surface area contributed by atoms with Crippen molar-refractivity contribution in [1.29, 1.82) is 0 Å². The van der Waals surface area contributed by atoms with Gasteiger partial charge < -0.3 is 14.3 Å². The third-order valence-electron chi connectivity index (χ3n) is 3.74. The van der Waals surface area contributed by atoms with Crippen molar-refractivity contribution in [3.05, 3.63) is 78.3 Å². The molecule has 1 aromatic heterocycles. The Morgan fingerprint density at radius 3 is 2.54 bits per heavy atom. The molecule has 0 saturated carbocycles. The van der Waals surface area contributed by atoms with Gasteiger partial charge >= 0.3 is 5.97 Å². The highest BCUT2D eigenvalue weighted by molar-refractivity contribution is 5.67. The number of carbonyl (C=O) groups is 1. The maximum Gasteiger partial charge on any atom is 0.303 e. The molecule has 0 radical (unpaired) electrons. The van der Waals surface area contributed by atoms with Crippen LogP contribution in [-0.2, 0) is 17.8 Å². The van der Waals surface area contributed by atoms with Gasteiger partial charge in [-0.1, -0.05) is 30.3 Å². The molecule has 4 nitrogen and oxygen atoms in total. The van der Waals surface area contributed by atoms with Crippen molar-refractivity contribution in [2.24, 2.45) is 0 Å². The van der Waals surface area contributed by atoms with E-state index in [1.54, 1.807) is 12.5 Å². The van der Waals surface area contributed by atoms with E-state index in [2.05, 4.69) is 6.07 Å². The van der Waals surface area contributed by atoms with Crippen molar-refractivity contribution in [1.82, 2.24) is 0 Å². The Morgan fingerprint density at radius 1 is 1.00 bits per heavy atom. The van der Waals surface area contributed by atoms with Crippen molar-refractivity contribution >= 4 is 5.97 Å². The fourth-order valence-corrected chi connectivity index (χ4v) is 2.44. The van der Waals surface area contributed by atoms with E-state index in [0.29, 0.717) is 13.0 Å². The summed E-state index contributed by atoms with van der Waals surface area (Å²) >= 11 is 0. The second kappa shape index (κ2) is 7.51. The first-order chi connectivity index (χ1) is 11.7. The highest BCUT2D eigenvalue weighted by atomic mass is 16.5. The predicted molar refractivity (Wildman–Crippen MR) is 90.9 cm³/mol. The summed E-state index contributed by atoms with van der Waals surface area (Å²) < 4.78 is 10.9. The minimum atomic E-state index is -0.784. The maximum atomic E-state index is 10.6. The zero-order chi connectivity index (χ0) is 16.8. The standard InChI is InChI=1S/C20H18O4/c21-20(22)9-6-15-4-7-19(8-5-15)24-13-16-2-1-3-17(12-16)18-10-11-23-14-18/h1-5,7-8,10-12,14H,6,9,13H2,(H,21,22). The largest absolute Gasteiger partial charge is 0.489 e. The summed E-state index contributed by atoms with van der Waals surface area (Å²) in [4.78, 5) is 10.6. The van der Waals surface area contributed by atoms with Crippen LogP contribution < -0.4 is 4.74 Å². The molecule has 3 aromatic rings. The van der Waals surface area contributed by atoms with Crippen LogP contribution in [0.1, 0.15) is 17.5 Å². The normalized spacial score (nSPS) is 10.5. The molecule has 0 fully saturated rings. The topological polar surface area (TPSA) is 59.7 Å². The van der Waals surface area contributed by atoms with Gasteiger partial charge in [0.05, 0.1) is 12.5 Å². The number of carboxylic acids is 1. The highest BCUT2D eigenvalue weighted by Crippen LogP contribution is 2.22. The van der Waals surface area contributed by atoms with Gasteiger partial charge in [0.2, 0.25) is 0 Å². The summed E-state index contributed by atoms with van der Waals surface area (Å²) in [5.74, 6) is -0.0179. The quantitative estimate of drug-likeness (QED) is 0.693. The molecular formula is C20H18O4. The van der Waals surface area contributed by atoms with Crippen LogP contribution in [0, 0.1) is 0 Å². The summed E-state index contributed by atoms with van der Waals surface area (Å²) in [7, 11) is 0. The van der Waals surface area contributed by atoms with Gasteiger partial charge in [0, 0.05) is 12.0 Å². The molecule has 0 aliphatic rings. The Balaban J connectivity index is 1.59. The summed E-state index contributed by atoms with van der Waals surface area (Å²) in [6.45, 7) is 0.472. The molecule has 2 aromatic carbocycles. The minimum absolute atomic E-state index is 0.140. The van der Waals surface area contributed by atoms with E-state index in [1.807, 2.05) is 48.5 Å². The molecule has 0 saturated heterocycles. The van der Waals surface area contributed by atoms with Crippen molar-refractivity contribution in [3.8, 4) is 16.9 Å². The minimum Gasteiger partial charge on any atom is -0.489 e. The number of hydrogen-bond donors (Lipinski definition) is 1. The predicted octanol–water partition coefficient (Wildman–Crippen LogP) is 4.54. The van der Waals surface area contributed by atoms with Gasteiger partial charge in [-0.15, -0.1) is 0 Å². The van der Waals surface area contributed by atoms with E-state index in [1.165, 1.54) is 0 Å². The van der Waals surface area contributed by atoms with Crippen LogP contribution in [0.3, 0.4) is 0 Å². The smallest absolute Gasteiger partial charge is 0.303 e. The van der Waals surface area contributed by atoms with Gasteiger partial charge in [0.15, 0.2) is 0 Å². The van der Waals surface area contributed by atoms with Crippen molar-refractivity contribution in [3.63, 3.8) is 0 Å². The fraction of sp³-hybridized carbons (Fsp3) is 0.150. The Morgan fingerprint density at radius 2 is 1.83 bits per heavy atom. The Hall–Kier alpha value is -3.01. The van der Waals surface area contributed by atoms with Crippen LogP contribution in [0.5, 0.6) is 5.75 Å². The van der Waals surface area contributed by atoms with Gasteiger partial charge in [0.25, 0.3) is 0 Å². The van der Waals surface area contributed by atoms with Crippen LogP contribution in [0.4, 0.5) is 0 Å². The van der Waals surface area contributed by atoms with E-state index in [4.69, 9.17) is 14.3 Å². The number of ether oxygens (including phenoxy) is 1. The molecule has 1 N–H and O–H groups in total. The molecule has 24 heavy (non-hydrogen) atoms. The van der Waals surface area contributed by atoms with E-state index >= 15 is 0 Å². The average molecular weight is 322 g/mol. The molecular weight excluding hydrogens is 304 g/mol. The number of furan rings is 1. The monoisotopic (exact) mass is 322 g/mol. The number of rotatable bonds is 7. The third kappa shape index (κ3) is 4.26. The number of aryl methyl sites for hydroxylation is 1. The first-order valence-corrected chi connectivity index (χ1v) is 7.76. The first-order valence-electron chi connectivity index (χ1n) is 7.76. The summed E-state index contributed by atoms with van der Waals surface area (Å²) in [5.41, 5.74) is 4.20. The third-order valence-corrected chi connectivity index (χ3v) is 3.74. The number of benzene rings is 2. The molecule has 0 spiro atoms. The molecule has 0 amide bonds.